The van der Waals surface area contributed by atoms with Crippen LogP contribution in [0.5, 0.6) is 0 Å². The van der Waals surface area contributed by atoms with Crippen LogP contribution in [0.3, 0.4) is 0 Å². The predicted molar refractivity (Wildman–Crippen MR) is 97.5 cm³/mol. The Balaban J connectivity index is 2.67. The highest BCUT2D eigenvalue weighted by Crippen LogP contribution is 2.46. The molecule has 7 nitrogen and oxygen atoms in total. The van der Waals surface area contributed by atoms with Crippen LogP contribution < -0.4 is 5.32 Å². The Morgan fingerprint density at radius 3 is 2.30 bits per heavy atom. The van der Waals surface area contributed by atoms with Crippen LogP contribution >= 0.6 is 0 Å². The molecule has 0 aliphatic carbocycles. The maximum Gasteiger partial charge on any atom is 0.327 e. The fourth-order valence-electron chi connectivity index (χ4n) is 3.73. The van der Waals surface area contributed by atoms with Gasteiger partial charge in [0.25, 0.3) is 0 Å². The molecule has 0 bridgehead atoms. The van der Waals surface area contributed by atoms with E-state index in [4.69, 9.17) is 14.2 Å². The Morgan fingerprint density at radius 1 is 1.15 bits per heavy atom. The lowest BCUT2D eigenvalue weighted by Gasteiger charge is -2.31. The fourth-order valence-corrected chi connectivity index (χ4v) is 3.73. The molecule has 1 aliphatic heterocycles. The SMILES string of the molecule is C=CC[C@@]1(C(=O)OCC)N[C@H](c2ccccc2)[C@H](C(=O)OC)[C@@H]1C(=O)OC. The van der Waals surface area contributed by atoms with Crippen LogP contribution in [0, 0.1) is 11.8 Å². The van der Waals surface area contributed by atoms with Gasteiger partial charge in [0, 0.05) is 6.04 Å². The van der Waals surface area contributed by atoms with Gasteiger partial charge in [-0.05, 0) is 18.9 Å². The van der Waals surface area contributed by atoms with E-state index in [0.717, 1.165) is 5.56 Å². The number of ether oxygens (including phenoxy) is 3. The summed E-state index contributed by atoms with van der Waals surface area (Å²) in [6, 6.07) is 8.47. The number of esters is 3. The van der Waals surface area contributed by atoms with Crippen LogP contribution in [0.25, 0.3) is 0 Å². The van der Waals surface area contributed by atoms with Crippen LogP contribution in [0.15, 0.2) is 43.0 Å². The lowest BCUT2D eigenvalue weighted by Crippen LogP contribution is -2.56. The van der Waals surface area contributed by atoms with Crippen molar-refractivity contribution in [3.8, 4) is 0 Å². The number of carbonyl (C=O) groups excluding carboxylic acids is 3. The topological polar surface area (TPSA) is 90.9 Å². The second kappa shape index (κ2) is 8.81. The smallest absolute Gasteiger partial charge is 0.327 e. The van der Waals surface area contributed by atoms with E-state index in [1.165, 1.54) is 20.3 Å². The zero-order chi connectivity index (χ0) is 20.0. The van der Waals surface area contributed by atoms with Crippen molar-refractivity contribution in [3.05, 3.63) is 48.6 Å². The van der Waals surface area contributed by atoms with Crippen molar-refractivity contribution in [1.29, 1.82) is 0 Å². The Morgan fingerprint density at radius 2 is 1.78 bits per heavy atom. The zero-order valence-corrected chi connectivity index (χ0v) is 15.8. The first-order valence-corrected chi connectivity index (χ1v) is 8.73. The molecule has 1 N–H and O–H groups in total. The third-order valence-electron chi connectivity index (χ3n) is 4.86. The highest BCUT2D eigenvalue weighted by atomic mass is 16.5. The van der Waals surface area contributed by atoms with Gasteiger partial charge in [-0.15, -0.1) is 6.58 Å². The van der Waals surface area contributed by atoms with Crippen molar-refractivity contribution < 1.29 is 28.6 Å². The van der Waals surface area contributed by atoms with E-state index in [0.29, 0.717) is 0 Å². The summed E-state index contributed by atoms with van der Waals surface area (Å²) >= 11 is 0. The molecule has 0 unspecified atom stereocenters. The maximum atomic E-state index is 12.9. The van der Waals surface area contributed by atoms with Gasteiger partial charge in [0.2, 0.25) is 0 Å². The van der Waals surface area contributed by atoms with Crippen LogP contribution in [-0.2, 0) is 28.6 Å². The molecule has 146 valence electrons. The zero-order valence-electron chi connectivity index (χ0n) is 15.8. The summed E-state index contributed by atoms with van der Waals surface area (Å²) in [7, 11) is 2.47. The average molecular weight is 375 g/mol. The number of nitrogens with one attached hydrogen (secondary N) is 1. The summed E-state index contributed by atoms with van der Waals surface area (Å²) < 4.78 is 15.1. The van der Waals surface area contributed by atoms with Crippen LogP contribution in [0.1, 0.15) is 24.9 Å². The summed E-state index contributed by atoms with van der Waals surface area (Å²) in [4.78, 5) is 38.3. The van der Waals surface area contributed by atoms with E-state index in [1.807, 2.05) is 30.3 Å². The Hall–Kier alpha value is -2.67. The van der Waals surface area contributed by atoms with Gasteiger partial charge >= 0.3 is 17.9 Å². The number of benzene rings is 1. The Kier molecular flexibility index (Phi) is 6.74. The lowest BCUT2D eigenvalue weighted by molar-refractivity contribution is -0.165. The van der Waals surface area contributed by atoms with Crippen molar-refractivity contribution in [2.24, 2.45) is 11.8 Å². The summed E-state index contributed by atoms with van der Waals surface area (Å²) in [5, 5.41) is 3.19. The highest BCUT2D eigenvalue weighted by Gasteiger charge is 2.64. The third kappa shape index (κ3) is 3.73. The first-order chi connectivity index (χ1) is 13.0. The van der Waals surface area contributed by atoms with E-state index >= 15 is 0 Å². The molecule has 7 heteroatoms. The third-order valence-corrected chi connectivity index (χ3v) is 4.86. The summed E-state index contributed by atoms with van der Waals surface area (Å²) in [5.41, 5.74) is -0.735. The molecule has 27 heavy (non-hydrogen) atoms. The number of carbonyl (C=O) groups is 3. The number of hydrogen-bond donors (Lipinski definition) is 1. The van der Waals surface area contributed by atoms with Crippen molar-refractivity contribution in [3.63, 3.8) is 0 Å². The van der Waals surface area contributed by atoms with Gasteiger partial charge < -0.3 is 14.2 Å². The molecule has 2 rings (SSSR count). The second-order valence-corrected chi connectivity index (χ2v) is 6.27. The molecule has 1 saturated heterocycles. The van der Waals surface area contributed by atoms with E-state index in [9.17, 15) is 14.4 Å². The van der Waals surface area contributed by atoms with E-state index in [-0.39, 0.29) is 13.0 Å². The minimum atomic E-state index is -1.48. The molecule has 0 amide bonds. The molecular weight excluding hydrogens is 350 g/mol. The van der Waals surface area contributed by atoms with Gasteiger partial charge in [-0.25, -0.2) is 0 Å². The molecule has 1 aromatic carbocycles. The fraction of sp³-hybridized carbons (Fsp3) is 0.450. The van der Waals surface area contributed by atoms with Gasteiger partial charge in [-0.1, -0.05) is 36.4 Å². The first-order valence-electron chi connectivity index (χ1n) is 8.73. The molecule has 1 heterocycles. The van der Waals surface area contributed by atoms with Crippen LogP contribution in [0.2, 0.25) is 0 Å². The first kappa shape index (κ1) is 20.6. The molecule has 0 spiro atoms. The summed E-state index contributed by atoms with van der Waals surface area (Å²) in [5.74, 6) is -4.02. The van der Waals surface area contributed by atoms with Crippen molar-refractivity contribution in [2.45, 2.75) is 24.9 Å². The molecule has 1 aliphatic rings. The quantitative estimate of drug-likeness (QED) is 0.441. The van der Waals surface area contributed by atoms with E-state index < -0.39 is 41.3 Å². The predicted octanol–water partition coefficient (Wildman–Crippen LogP) is 1.79. The van der Waals surface area contributed by atoms with E-state index in [1.54, 1.807) is 6.92 Å². The van der Waals surface area contributed by atoms with Crippen LogP contribution in [0.4, 0.5) is 0 Å². The standard InChI is InChI=1S/C20H25NO6/c1-5-12-20(19(24)27-6-2)15(18(23)26-4)14(17(22)25-3)16(21-20)13-10-8-7-9-11-13/h5,7-11,14-16,21H,1,6,12H2,2-4H3/t14-,15-,16-,20-/m1/s1. The largest absolute Gasteiger partial charge is 0.469 e. The maximum absolute atomic E-state index is 12.9. The number of methoxy groups -OCH3 is 2. The van der Waals surface area contributed by atoms with Crippen LogP contribution in [-0.4, -0.2) is 44.3 Å². The van der Waals surface area contributed by atoms with Crippen molar-refractivity contribution in [2.75, 3.05) is 20.8 Å². The van der Waals surface area contributed by atoms with Crippen molar-refractivity contribution in [1.82, 2.24) is 5.32 Å². The molecule has 1 aromatic rings. The van der Waals surface area contributed by atoms with Gasteiger partial charge in [0.05, 0.1) is 26.7 Å². The normalized spacial score (nSPS) is 26.9. The second-order valence-electron chi connectivity index (χ2n) is 6.27. The minimum Gasteiger partial charge on any atom is -0.469 e. The molecule has 0 saturated carbocycles. The molecule has 0 aromatic heterocycles. The van der Waals surface area contributed by atoms with Gasteiger partial charge in [-0.3, -0.25) is 19.7 Å². The minimum absolute atomic E-state index is 0.0857. The Labute approximate surface area is 158 Å². The lowest BCUT2D eigenvalue weighted by atomic mass is 9.76. The molecule has 0 radical (unpaired) electrons. The molecule has 1 fully saturated rings. The van der Waals surface area contributed by atoms with Gasteiger partial charge in [0.1, 0.15) is 11.5 Å². The van der Waals surface area contributed by atoms with Crippen molar-refractivity contribution >= 4 is 17.9 Å². The number of hydrogen-bond acceptors (Lipinski definition) is 7. The summed E-state index contributed by atoms with van der Waals surface area (Å²) in [6.07, 6.45) is 1.60. The molecule has 4 atom stereocenters. The van der Waals surface area contributed by atoms with Gasteiger partial charge in [-0.2, -0.15) is 0 Å². The highest BCUT2D eigenvalue weighted by molar-refractivity contribution is 5.94. The summed E-state index contributed by atoms with van der Waals surface area (Å²) in [6.45, 7) is 5.51. The molecular formula is C20H25NO6. The van der Waals surface area contributed by atoms with E-state index in [2.05, 4.69) is 11.9 Å². The number of rotatable bonds is 7. The monoisotopic (exact) mass is 375 g/mol. The average Bonchev–Trinajstić information content (AvgIpc) is 3.04. The van der Waals surface area contributed by atoms with Gasteiger partial charge in [0.15, 0.2) is 0 Å². The Bertz CT molecular complexity index is 704.